The number of sulfonamides is 1. The second kappa shape index (κ2) is 7.51. The molecule has 0 aliphatic rings. The molecule has 0 aromatic heterocycles. The van der Waals surface area contributed by atoms with Crippen molar-refractivity contribution < 1.29 is 18.0 Å². The summed E-state index contributed by atoms with van der Waals surface area (Å²) in [5.41, 5.74) is 0. The Morgan fingerprint density at radius 3 is 2.41 bits per heavy atom. The van der Waals surface area contributed by atoms with Crippen LogP contribution in [0.3, 0.4) is 0 Å². The Morgan fingerprint density at radius 2 is 2.00 bits per heavy atom. The highest BCUT2D eigenvalue weighted by Gasteiger charge is 2.16. The van der Waals surface area contributed by atoms with E-state index in [0.29, 0.717) is 0 Å². The minimum Gasteiger partial charge on any atom is -0.354 e. The smallest absolute Gasteiger partial charge is 0.243 e. The van der Waals surface area contributed by atoms with Crippen LogP contribution in [0.5, 0.6) is 0 Å². The Hall–Kier alpha value is -0.800. The number of primary sulfonamides is 1. The molecular weight excluding hydrogens is 266 g/mol. The highest BCUT2D eigenvalue weighted by atomic mass is 32.2. The molecule has 0 spiro atoms. The zero-order chi connectivity index (χ0) is 13.5. The van der Waals surface area contributed by atoms with Crippen molar-refractivity contribution in [3.63, 3.8) is 0 Å². The van der Waals surface area contributed by atoms with Crippen LogP contribution >= 0.6 is 12.6 Å². The lowest BCUT2D eigenvalue weighted by molar-refractivity contribution is -0.127. The Kier molecular flexibility index (Phi) is 7.16. The van der Waals surface area contributed by atoms with Gasteiger partial charge in [-0.1, -0.05) is 0 Å². The highest BCUT2D eigenvalue weighted by Crippen LogP contribution is 1.90. The molecule has 0 aromatic rings. The number of carbonyl (C=O) groups excluding carboxylic acids is 2. The molecule has 0 aliphatic carbocycles. The standard InChI is InChI=1S/C8H17N3O4S2/c1-6(12)11-7(5-16)8(13)10-3-2-4-17(9,14)15/h7,16H,2-5H2,1H3,(H,10,13)(H,11,12)(H2,9,14,15). The normalized spacial score (nSPS) is 12.9. The van der Waals surface area contributed by atoms with Gasteiger partial charge in [-0.2, -0.15) is 12.6 Å². The lowest BCUT2D eigenvalue weighted by atomic mass is 10.3. The monoisotopic (exact) mass is 283 g/mol. The van der Waals surface area contributed by atoms with Crippen LogP contribution in [0.2, 0.25) is 0 Å². The van der Waals surface area contributed by atoms with Crippen LogP contribution in [-0.2, 0) is 19.6 Å². The Morgan fingerprint density at radius 1 is 1.41 bits per heavy atom. The average Bonchev–Trinajstić information content (AvgIpc) is 2.19. The van der Waals surface area contributed by atoms with Crippen molar-refractivity contribution in [3.05, 3.63) is 0 Å². The molecule has 2 amide bonds. The van der Waals surface area contributed by atoms with Crippen molar-refractivity contribution in [2.24, 2.45) is 5.14 Å². The van der Waals surface area contributed by atoms with E-state index in [9.17, 15) is 18.0 Å². The number of nitrogens with one attached hydrogen (secondary N) is 2. The molecule has 1 unspecified atom stereocenters. The topological polar surface area (TPSA) is 118 Å². The van der Waals surface area contributed by atoms with Gasteiger partial charge in [0.15, 0.2) is 0 Å². The molecule has 17 heavy (non-hydrogen) atoms. The molecule has 0 saturated carbocycles. The Bertz CT molecular complexity index is 369. The summed E-state index contributed by atoms with van der Waals surface area (Å²) in [5.74, 6) is -0.757. The SMILES string of the molecule is CC(=O)NC(CS)C(=O)NCCCS(N)(=O)=O. The fourth-order valence-corrected chi connectivity index (χ4v) is 1.85. The van der Waals surface area contributed by atoms with Crippen LogP contribution in [0.1, 0.15) is 13.3 Å². The predicted molar refractivity (Wildman–Crippen MR) is 67.1 cm³/mol. The van der Waals surface area contributed by atoms with E-state index in [1.807, 2.05) is 0 Å². The van der Waals surface area contributed by atoms with Crippen molar-refractivity contribution in [2.75, 3.05) is 18.1 Å². The van der Waals surface area contributed by atoms with Gasteiger partial charge in [-0.15, -0.1) is 0 Å². The largest absolute Gasteiger partial charge is 0.354 e. The summed E-state index contributed by atoms with van der Waals surface area (Å²) in [5, 5.41) is 9.70. The van der Waals surface area contributed by atoms with Gasteiger partial charge >= 0.3 is 0 Å². The molecule has 0 bridgehead atoms. The van der Waals surface area contributed by atoms with Crippen LogP contribution in [-0.4, -0.2) is 44.3 Å². The summed E-state index contributed by atoms with van der Waals surface area (Å²) >= 11 is 3.93. The van der Waals surface area contributed by atoms with Gasteiger partial charge in [0, 0.05) is 19.2 Å². The molecule has 0 saturated heterocycles. The predicted octanol–water partition coefficient (Wildman–Crippen LogP) is -1.78. The lowest BCUT2D eigenvalue weighted by Crippen LogP contribution is -2.47. The molecule has 0 aliphatic heterocycles. The van der Waals surface area contributed by atoms with Gasteiger partial charge in [-0.25, -0.2) is 13.6 Å². The number of hydrogen-bond donors (Lipinski definition) is 4. The molecule has 0 fully saturated rings. The van der Waals surface area contributed by atoms with Gasteiger partial charge in [-0.05, 0) is 6.42 Å². The molecule has 7 nitrogen and oxygen atoms in total. The van der Waals surface area contributed by atoms with Crippen molar-refractivity contribution >= 4 is 34.5 Å². The minimum atomic E-state index is -3.50. The van der Waals surface area contributed by atoms with Gasteiger partial charge in [0.2, 0.25) is 21.8 Å². The first kappa shape index (κ1) is 16.2. The number of hydrogen-bond acceptors (Lipinski definition) is 5. The number of rotatable bonds is 7. The summed E-state index contributed by atoms with van der Waals surface area (Å²) in [7, 11) is -3.50. The average molecular weight is 283 g/mol. The van der Waals surface area contributed by atoms with Gasteiger partial charge in [-0.3, -0.25) is 9.59 Å². The molecule has 0 aromatic carbocycles. The maximum absolute atomic E-state index is 11.5. The zero-order valence-electron chi connectivity index (χ0n) is 9.47. The quantitative estimate of drug-likeness (QED) is 0.326. The van der Waals surface area contributed by atoms with Crippen molar-refractivity contribution in [3.8, 4) is 0 Å². The number of nitrogens with two attached hydrogens (primary N) is 1. The van der Waals surface area contributed by atoms with E-state index in [0.717, 1.165) is 0 Å². The summed E-state index contributed by atoms with van der Waals surface area (Å²) in [6, 6.07) is -0.717. The zero-order valence-corrected chi connectivity index (χ0v) is 11.2. The van der Waals surface area contributed by atoms with E-state index >= 15 is 0 Å². The Labute approximate surface area is 106 Å². The maximum atomic E-state index is 11.5. The number of amides is 2. The molecule has 4 N–H and O–H groups in total. The summed E-state index contributed by atoms with van der Waals surface area (Å²) < 4.78 is 21.2. The third kappa shape index (κ3) is 8.95. The summed E-state index contributed by atoms with van der Waals surface area (Å²) in [6.07, 6.45) is 0.226. The van der Waals surface area contributed by atoms with Crippen molar-refractivity contribution in [1.82, 2.24) is 10.6 Å². The third-order valence-electron chi connectivity index (χ3n) is 1.78. The van der Waals surface area contributed by atoms with Crippen LogP contribution in [0, 0.1) is 0 Å². The van der Waals surface area contributed by atoms with Crippen LogP contribution < -0.4 is 15.8 Å². The fraction of sp³-hybridized carbons (Fsp3) is 0.750. The van der Waals surface area contributed by atoms with E-state index < -0.39 is 22.0 Å². The van der Waals surface area contributed by atoms with Gasteiger partial charge in [0.05, 0.1) is 5.75 Å². The summed E-state index contributed by atoms with van der Waals surface area (Å²) in [6.45, 7) is 1.48. The third-order valence-corrected chi connectivity index (χ3v) is 3.00. The fourth-order valence-electron chi connectivity index (χ4n) is 1.05. The number of carbonyl (C=O) groups is 2. The van der Waals surface area contributed by atoms with Crippen LogP contribution in [0.15, 0.2) is 0 Å². The molecule has 1 atom stereocenters. The van der Waals surface area contributed by atoms with Crippen LogP contribution in [0.25, 0.3) is 0 Å². The first-order valence-corrected chi connectivity index (χ1v) is 7.27. The van der Waals surface area contributed by atoms with Gasteiger partial charge in [0.25, 0.3) is 0 Å². The van der Waals surface area contributed by atoms with Gasteiger partial charge in [0.1, 0.15) is 6.04 Å². The van der Waals surface area contributed by atoms with Crippen LogP contribution in [0.4, 0.5) is 0 Å². The molecule has 9 heteroatoms. The highest BCUT2D eigenvalue weighted by molar-refractivity contribution is 7.89. The van der Waals surface area contributed by atoms with Crippen molar-refractivity contribution in [1.29, 1.82) is 0 Å². The molecule has 0 rings (SSSR count). The summed E-state index contributed by atoms with van der Waals surface area (Å²) in [4.78, 5) is 22.2. The number of thiol groups is 1. The molecular formula is C8H17N3O4S2. The first-order valence-electron chi connectivity index (χ1n) is 4.92. The van der Waals surface area contributed by atoms with E-state index in [2.05, 4.69) is 23.3 Å². The van der Waals surface area contributed by atoms with E-state index in [1.54, 1.807) is 0 Å². The van der Waals surface area contributed by atoms with Crippen molar-refractivity contribution in [2.45, 2.75) is 19.4 Å². The minimum absolute atomic E-state index is 0.167. The Balaban J connectivity index is 3.95. The molecule has 100 valence electrons. The molecule has 0 heterocycles. The van der Waals surface area contributed by atoms with E-state index in [4.69, 9.17) is 5.14 Å². The van der Waals surface area contributed by atoms with E-state index in [-0.39, 0.29) is 30.4 Å². The second-order valence-electron chi connectivity index (χ2n) is 3.45. The first-order chi connectivity index (χ1) is 7.76. The maximum Gasteiger partial charge on any atom is 0.243 e. The molecule has 0 radical (unpaired) electrons. The van der Waals surface area contributed by atoms with Gasteiger partial charge < -0.3 is 10.6 Å². The van der Waals surface area contributed by atoms with E-state index in [1.165, 1.54) is 6.92 Å². The lowest BCUT2D eigenvalue weighted by Gasteiger charge is -2.14. The second-order valence-corrected chi connectivity index (χ2v) is 5.55.